The Morgan fingerprint density at radius 3 is 2.56 bits per heavy atom. The molecule has 1 aliphatic rings. The van der Waals surface area contributed by atoms with Gasteiger partial charge in [-0.3, -0.25) is 0 Å². The van der Waals surface area contributed by atoms with E-state index in [9.17, 15) is 0 Å². The topological polar surface area (TPSA) is 21.3 Å². The van der Waals surface area contributed by atoms with E-state index in [0.29, 0.717) is 5.92 Å². The molecule has 1 fully saturated rings. The van der Waals surface area contributed by atoms with Crippen molar-refractivity contribution in [3.05, 3.63) is 28.8 Å². The van der Waals surface area contributed by atoms with Crippen LogP contribution < -0.4 is 10.1 Å². The van der Waals surface area contributed by atoms with Gasteiger partial charge in [0, 0.05) is 18.5 Å². The third-order valence-electron chi connectivity index (χ3n) is 3.72. The van der Waals surface area contributed by atoms with Gasteiger partial charge in [0.15, 0.2) is 0 Å². The van der Waals surface area contributed by atoms with Crippen molar-refractivity contribution in [2.75, 3.05) is 13.2 Å². The van der Waals surface area contributed by atoms with Crippen LogP contribution in [0.2, 0.25) is 0 Å². The molecule has 0 aromatic heterocycles. The highest BCUT2D eigenvalue weighted by Crippen LogP contribution is 2.26. The first-order chi connectivity index (χ1) is 8.58. The van der Waals surface area contributed by atoms with E-state index in [-0.39, 0.29) is 0 Å². The fourth-order valence-electron chi connectivity index (χ4n) is 2.09. The second kappa shape index (κ2) is 5.75. The molecule has 1 aliphatic carbocycles. The average molecular weight is 247 g/mol. The molecule has 1 unspecified atom stereocenters. The minimum absolute atomic E-state index is 0.560. The van der Waals surface area contributed by atoms with Crippen LogP contribution in [0.1, 0.15) is 36.5 Å². The van der Waals surface area contributed by atoms with E-state index in [1.54, 1.807) is 0 Å². The van der Waals surface area contributed by atoms with Crippen molar-refractivity contribution >= 4 is 0 Å². The summed E-state index contributed by atoms with van der Waals surface area (Å²) in [6.07, 6.45) is 2.70. The highest BCUT2D eigenvalue weighted by molar-refractivity contribution is 5.44. The quantitative estimate of drug-likeness (QED) is 0.832. The van der Waals surface area contributed by atoms with Crippen molar-refractivity contribution in [1.29, 1.82) is 0 Å². The van der Waals surface area contributed by atoms with Crippen molar-refractivity contribution in [2.24, 2.45) is 5.92 Å². The third kappa shape index (κ3) is 3.49. The highest BCUT2D eigenvalue weighted by atomic mass is 16.5. The molecule has 1 N–H and O–H groups in total. The van der Waals surface area contributed by atoms with Gasteiger partial charge in [-0.15, -0.1) is 0 Å². The molecule has 1 atom stereocenters. The van der Waals surface area contributed by atoms with Crippen LogP contribution >= 0.6 is 0 Å². The molecule has 1 aromatic carbocycles. The fraction of sp³-hybridized carbons (Fsp3) is 0.625. The van der Waals surface area contributed by atoms with E-state index in [2.05, 4.69) is 45.1 Å². The van der Waals surface area contributed by atoms with Gasteiger partial charge in [-0.1, -0.05) is 19.1 Å². The molecule has 1 saturated carbocycles. The fourth-order valence-corrected chi connectivity index (χ4v) is 2.09. The Morgan fingerprint density at radius 2 is 1.89 bits per heavy atom. The molecular formula is C16H25NO. The maximum atomic E-state index is 6.02. The zero-order chi connectivity index (χ0) is 13.1. The summed E-state index contributed by atoms with van der Waals surface area (Å²) in [4.78, 5) is 0. The Morgan fingerprint density at radius 1 is 1.22 bits per heavy atom. The van der Waals surface area contributed by atoms with Crippen LogP contribution in [0.3, 0.4) is 0 Å². The predicted octanol–water partition coefficient (Wildman–Crippen LogP) is 3.38. The lowest BCUT2D eigenvalue weighted by Crippen LogP contribution is -2.26. The van der Waals surface area contributed by atoms with Crippen molar-refractivity contribution in [3.63, 3.8) is 0 Å². The molecular weight excluding hydrogens is 222 g/mol. The van der Waals surface area contributed by atoms with Gasteiger partial charge in [0.1, 0.15) is 5.75 Å². The van der Waals surface area contributed by atoms with Gasteiger partial charge in [0.2, 0.25) is 0 Å². The summed E-state index contributed by atoms with van der Waals surface area (Å²) >= 11 is 0. The number of hydrogen-bond donors (Lipinski definition) is 1. The van der Waals surface area contributed by atoms with Gasteiger partial charge >= 0.3 is 0 Å². The van der Waals surface area contributed by atoms with Crippen molar-refractivity contribution in [2.45, 2.75) is 46.6 Å². The lowest BCUT2D eigenvalue weighted by molar-refractivity contribution is 0.252. The summed E-state index contributed by atoms with van der Waals surface area (Å²) < 4.78 is 6.02. The molecule has 100 valence electrons. The molecule has 2 heteroatoms. The van der Waals surface area contributed by atoms with Crippen LogP contribution in [-0.4, -0.2) is 19.2 Å². The van der Waals surface area contributed by atoms with E-state index in [1.807, 2.05) is 0 Å². The van der Waals surface area contributed by atoms with E-state index >= 15 is 0 Å². The van der Waals surface area contributed by atoms with Gasteiger partial charge in [-0.05, 0) is 50.3 Å². The van der Waals surface area contributed by atoms with E-state index in [0.717, 1.165) is 24.9 Å². The zero-order valence-electron chi connectivity index (χ0n) is 12.0. The summed E-state index contributed by atoms with van der Waals surface area (Å²) in [5.41, 5.74) is 3.82. The van der Waals surface area contributed by atoms with Crippen LogP contribution in [0.15, 0.2) is 12.1 Å². The second-order valence-electron chi connectivity index (χ2n) is 5.75. The lowest BCUT2D eigenvalue weighted by atomic mass is 10.1. The number of rotatable bonds is 6. The summed E-state index contributed by atoms with van der Waals surface area (Å²) in [5.74, 6) is 1.64. The number of aryl methyl sites for hydroxylation is 2. The number of hydrogen-bond acceptors (Lipinski definition) is 2. The zero-order valence-corrected chi connectivity index (χ0v) is 12.0. The van der Waals surface area contributed by atoms with Crippen LogP contribution in [0.25, 0.3) is 0 Å². The molecule has 1 aromatic rings. The maximum absolute atomic E-state index is 6.02. The SMILES string of the molecule is Cc1ccc(C)c(OCC(C)CNC2CC2)c1C. The van der Waals surface area contributed by atoms with Gasteiger partial charge in [0.05, 0.1) is 6.61 Å². The largest absolute Gasteiger partial charge is 0.493 e. The van der Waals surface area contributed by atoms with Gasteiger partial charge in [-0.2, -0.15) is 0 Å². The Labute approximate surface area is 111 Å². The molecule has 18 heavy (non-hydrogen) atoms. The van der Waals surface area contributed by atoms with Gasteiger partial charge in [-0.25, -0.2) is 0 Å². The standard InChI is InChI=1S/C16H25NO/c1-11(9-17-15-7-8-15)10-18-16-13(3)6-5-12(2)14(16)4/h5-6,11,15,17H,7-10H2,1-4H3. The van der Waals surface area contributed by atoms with E-state index in [1.165, 1.54) is 29.5 Å². The smallest absolute Gasteiger partial charge is 0.125 e. The molecule has 0 saturated heterocycles. The first-order valence-electron chi connectivity index (χ1n) is 7.01. The summed E-state index contributed by atoms with van der Waals surface area (Å²) in [5, 5.41) is 3.55. The number of benzene rings is 1. The van der Waals surface area contributed by atoms with Crippen LogP contribution in [0, 0.1) is 26.7 Å². The Bertz CT molecular complexity index is 410. The average Bonchev–Trinajstić information content (AvgIpc) is 3.15. The Kier molecular flexibility index (Phi) is 4.28. The van der Waals surface area contributed by atoms with Crippen molar-refractivity contribution in [1.82, 2.24) is 5.32 Å². The molecule has 0 bridgehead atoms. The van der Waals surface area contributed by atoms with E-state index < -0.39 is 0 Å². The summed E-state index contributed by atoms with van der Waals surface area (Å²) in [6, 6.07) is 5.09. The first kappa shape index (κ1) is 13.4. The van der Waals surface area contributed by atoms with Crippen molar-refractivity contribution < 1.29 is 4.74 Å². The summed E-state index contributed by atoms with van der Waals surface area (Å²) in [7, 11) is 0. The second-order valence-corrected chi connectivity index (χ2v) is 5.75. The minimum Gasteiger partial charge on any atom is -0.493 e. The molecule has 2 rings (SSSR count). The monoisotopic (exact) mass is 247 g/mol. The molecule has 0 spiro atoms. The van der Waals surface area contributed by atoms with Crippen LogP contribution in [0.4, 0.5) is 0 Å². The minimum atomic E-state index is 0.560. The predicted molar refractivity (Wildman–Crippen MR) is 76.3 cm³/mol. The maximum Gasteiger partial charge on any atom is 0.125 e. The Balaban J connectivity index is 1.86. The molecule has 0 aliphatic heterocycles. The van der Waals surface area contributed by atoms with E-state index in [4.69, 9.17) is 4.74 Å². The van der Waals surface area contributed by atoms with Crippen molar-refractivity contribution in [3.8, 4) is 5.75 Å². The number of nitrogens with one attached hydrogen (secondary N) is 1. The normalized spacial score (nSPS) is 16.7. The summed E-state index contributed by atoms with van der Waals surface area (Å²) in [6.45, 7) is 10.5. The molecule has 0 heterocycles. The first-order valence-corrected chi connectivity index (χ1v) is 7.01. The van der Waals surface area contributed by atoms with Gasteiger partial charge < -0.3 is 10.1 Å². The Hall–Kier alpha value is -1.02. The molecule has 0 radical (unpaired) electrons. The molecule has 0 amide bonds. The lowest BCUT2D eigenvalue weighted by Gasteiger charge is -2.17. The van der Waals surface area contributed by atoms with Crippen LogP contribution in [-0.2, 0) is 0 Å². The third-order valence-corrected chi connectivity index (χ3v) is 3.72. The molecule has 2 nitrogen and oxygen atoms in total. The van der Waals surface area contributed by atoms with Gasteiger partial charge in [0.25, 0.3) is 0 Å². The number of ether oxygens (including phenoxy) is 1. The van der Waals surface area contributed by atoms with Crippen LogP contribution in [0.5, 0.6) is 5.75 Å². The highest BCUT2D eigenvalue weighted by Gasteiger charge is 2.21.